The molecule has 0 heterocycles. The molecule has 0 unspecified atom stereocenters. The molecule has 0 spiro atoms. The number of hydrogen-bond donors (Lipinski definition) is 2. The van der Waals surface area contributed by atoms with Crippen LogP contribution in [0.4, 0.5) is 0 Å². The molecule has 1 rings (SSSR count). The van der Waals surface area contributed by atoms with Crippen LogP contribution in [-0.2, 0) is 0 Å². The number of nitrogen functional groups attached to an aromatic ring is 1. The average molecular weight is 148 g/mol. The van der Waals surface area contributed by atoms with Crippen LogP contribution in [0.2, 0.25) is 0 Å². The van der Waals surface area contributed by atoms with Crippen molar-refractivity contribution in [3.63, 3.8) is 0 Å². The second-order valence-electron chi connectivity index (χ2n) is 2.73. The Morgan fingerprint density at radius 2 is 2.00 bits per heavy atom. The molecular weight excluding hydrogens is 136 g/mol. The summed E-state index contributed by atoms with van der Waals surface area (Å²) < 4.78 is 0. The van der Waals surface area contributed by atoms with E-state index < -0.39 is 0 Å². The van der Waals surface area contributed by atoms with Crippen molar-refractivity contribution in [2.75, 3.05) is 0 Å². The Morgan fingerprint density at radius 1 is 1.36 bits per heavy atom. The Balaban J connectivity index is 3.20. The molecule has 0 saturated carbocycles. The molecule has 0 saturated heterocycles. The summed E-state index contributed by atoms with van der Waals surface area (Å²) in [7, 11) is 0. The molecule has 0 amide bonds. The van der Waals surface area contributed by atoms with Crippen molar-refractivity contribution >= 4 is 5.84 Å². The average Bonchev–Trinajstić information content (AvgIpc) is 1.85. The third kappa shape index (κ3) is 1.58. The number of nitrogens with one attached hydrogen (secondary N) is 1. The summed E-state index contributed by atoms with van der Waals surface area (Å²) in [5.41, 5.74) is 8.45. The molecule has 0 atom stereocenters. The zero-order chi connectivity index (χ0) is 8.43. The standard InChI is InChI=1S/C9H12N2/c1-6-3-4-8(9(10)11)7(2)5-6/h3-5H,1-2H3,(H3,10,11). The number of aryl methyl sites for hydroxylation is 2. The van der Waals surface area contributed by atoms with E-state index in [2.05, 4.69) is 0 Å². The number of rotatable bonds is 1. The predicted molar refractivity (Wildman–Crippen MR) is 46.9 cm³/mol. The van der Waals surface area contributed by atoms with Crippen molar-refractivity contribution in [1.29, 1.82) is 5.41 Å². The van der Waals surface area contributed by atoms with Gasteiger partial charge in [0.1, 0.15) is 5.84 Å². The van der Waals surface area contributed by atoms with Crippen LogP contribution in [0.25, 0.3) is 0 Å². The molecule has 0 aliphatic carbocycles. The quantitative estimate of drug-likeness (QED) is 0.461. The van der Waals surface area contributed by atoms with Crippen LogP contribution in [0.15, 0.2) is 18.2 Å². The first-order valence-corrected chi connectivity index (χ1v) is 3.53. The zero-order valence-corrected chi connectivity index (χ0v) is 6.81. The smallest absolute Gasteiger partial charge is 0.123 e. The van der Waals surface area contributed by atoms with E-state index in [4.69, 9.17) is 11.1 Å². The van der Waals surface area contributed by atoms with Gasteiger partial charge in [0.2, 0.25) is 0 Å². The SMILES string of the molecule is Cc1ccc(C(=N)N)c(C)c1. The number of hydrogen-bond acceptors (Lipinski definition) is 1. The lowest BCUT2D eigenvalue weighted by Crippen LogP contribution is -2.12. The maximum atomic E-state index is 7.22. The minimum atomic E-state index is 0.141. The lowest BCUT2D eigenvalue weighted by molar-refractivity contribution is 1.33. The predicted octanol–water partition coefficient (Wildman–Crippen LogP) is 1.59. The summed E-state index contributed by atoms with van der Waals surface area (Å²) in [5, 5.41) is 7.22. The maximum Gasteiger partial charge on any atom is 0.123 e. The van der Waals surface area contributed by atoms with Gasteiger partial charge in [-0.15, -0.1) is 0 Å². The number of amidine groups is 1. The minimum absolute atomic E-state index is 0.141. The van der Waals surface area contributed by atoms with Gasteiger partial charge in [-0.2, -0.15) is 0 Å². The first kappa shape index (κ1) is 7.79. The lowest BCUT2D eigenvalue weighted by Gasteiger charge is -2.03. The molecule has 0 bridgehead atoms. The van der Waals surface area contributed by atoms with Crippen molar-refractivity contribution in [1.82, 2.24) is 0 Å². The second kappa shape index (κ2) is 2.74. The van der Waals surface area contributed by atoms with Gasteiger partial charge in [-0.3, -0.25) is 5.41 Å². The van der Waals surface area contributed by atoms with Gasteiger partial charge in [-0.05, 0) is 19.4 Å². The third-order valence-corrected chi connectivity index (χ3v) is 1.67. The van der Waals surface area contributed by atoms with Crippen molar-refractivity contribution in [3.05, 3.63) is 34.9 Å². The Kier molecular flexibility index (Phi) is 1.94. The van der Waals surface area contributed by atoms with E-state index in [-0.39, 0.29) is 5.84 Å². The third-order valence-electron chi connectivity index (χ3n) is 1.67. The summed E-state index contributed by atoms with van der Waals surface area (Å²) in [4.78, 5) is 0. The van der Waals surface area contributed by atoms with E-state index in [0.29, 0.717) is 0 Å². The number of benzene rings is 1. The highest BCUT2D eigenvalue weighted by Gasteiger charge is 1.99. The van der Waals surface area contributed by atoms with Gasteiger partial charge in [0.05, 0.1) is 0 Å². The normalized spacial score (nSPS) is 9.64. The second-order valence-corrected chi connectivity index (χ2v) is 2.73. The monoisotopic (exact) mass is 148 g/mol. The van der Waals surface area contributed by atoms with Crippen LogP contribution in [0.1, 0.15) is 16.7 Å². The van der Waals surface area contributed by atoms with Crippen LogP contribution in [0.5, 0.6) is 0 Å². The molecule has 58 valence electrons. The van der Waals surface area contributed by atoms with Crippen LogP contribution < -0.4 is 5.73 Å². The Hall–Kier alpha value is -1.31. The molecule has 0 fully saturated rings. The van der Waals surface area contributed by atoms with Crippen molar-refractivity contribution in [2.45, 2.75) is 13.8 Å². The van der Waals surface area contributed by atoms with E-state index in [1.54, 1.807) is 0 Å². The Morgan fingerprint density at radius 3 is 2.45 bits per heavy atom. The van der Waals surface area contributed by atoms with Crippen LogP contribution in [-0.4, -0.2) is 5.84 Å². The largest absolute Gasteiger partial charge is 0.384 e. The van der Waals surface area contributed by atoms with Crippen molar-refractivity contribution in [3.8, 4) is 0 Å². The molecule has 1 aromatic carbocycles. The molecule has 0 aliphatic heterocycles. The first-order valence-electron chi connectivity index (χ1n) is 3.53. The van der Waals surface area contributed by atoms with E-state index >= 15 is 0 Å². The summed E-state index contributed by atoms with van der Waals surface area (Å²) in [6.45, 7) is 3.99. The first-order chi connectivity index (χ1) is 5.11. The van der Waals surface area contributed by atoms with Crippen molar-refractivity contribution in [2.24, 2.45) is 5.73 Å². The molecule has 0 radical (unpaired) electrons. The summed E-state index contributed by atoms with van der Waals surface area (Å²) in [5.74, 6) is 0.141. The topological polar surface area (TPSA) is 49.9 Å². The lowest BCUT2D eigenvalue weighted by atomic mass is 10.1. The van der Waals surface area contributed by atoms with E-state index in [9.17, 15) is 0 Å². The van der Waals surface area contributed by atoms with E-state index in [1.807, 2.05) is 32.0 Å². The molecular formula is C9H12N2. The highest BCUT2D eigenvalue weighted by molar-refractivity contribution is 5.96. The molecule has 0 aromatic heterocycles. The van der Waals surface area contributed by atoms with Gasteiger partial charge in [-0.25, -0.2) is 0 Å². The van der Waals surface area contributed by atoms with E-state index in [0.717, 1.165) is 11.1 Å². The number of nitrogens with two attached hydrogens (primary N) is 1. The summed E-state index contributed by atoms with van der Waals surface area (Å²) in [6.07, 6.45) is 0. The van der Waals surface area contributed by atoms with Gasteiger partial charge >= 0.3 is 0 Å². The highest BCUT2D eigenvalue weighted by atomic mass is 14.7. The fraction of sp³-hybridized carbons (Fsp3) is 0.222. The Labute approximate surface area is 66.6 Å². The molecule has 2 nitrogen and oxygen atoms in total. The van der Waals surface area contributed by atoms with Gasteiger partial charge in [-0.1, -0.05) is 23.8 Å². The summed E-state index contributed by atoms with van der Waals surface area (Å²) >= 11 is 0. The minimum Gasteiger partial charge on any atom is -0.384 e. The highest BCUT2D eigenvalue weighted by Crippen LogP contribution is 2.08. The zero-order valence-electron chi connectivity index (χ0n) is 6.81. The van der Waals surface area contributed by atoms with Crippen LogP contribution in [0, 0.1) is 19.3 Å². The van der Waals surface area contributed by atoms with Crippen LogP contribution in [0.3, 0.4) is 0 Å². The van der Waals surface area contributed by atoms with Crippen LogP contribution >= 0.6 is 0 Å². The molecule has 2 heteroatoms. The molecule has 1 aromatic rings. The van der Waals surface area contributed by atoms with Gasteiger partial charge < -0.3 is 5.73 Å². The Bertz CT molecular complexity index is 290. The van der Waals surface area contributed by atoms with Gasteiger partial charge in [0.15, 0.2) is 0 Å². The molecule has 0 aliphatic rings. The summed E-state index contributed by atoms with van der Waals surface area (Å²) in [6, 6.07) is 5.87. The molecule has 3 N–H and O–H groups in total. The molecule has 11 heavy (non-hydrogen) atoms. The van der Waals surface area contributed by atoms with E-state index in [1.165, 1.54) is 5.56 Å². The van der Waals surface area contributed by atoms with Crippen molar-refractivity contribution < 1.29 is 0 Å². The fourth-order valence-corrected chi connectivity index (χ4v) is 1.12. The van der Waals surface area contributed by atoms with Gasteiger partial charge in [0.25, 0.3) is 0 Å². The fourth-order valence-electron chi connectivity index (χ4n) is 1.12. The van der Waals surface area contributed by atoms with Gasteiger partial charge in [0, 0.05) is 5.56 Å². The maximum absolute atomic E-state index is 7.22.